The van der Waals surface area contributed by atoms with Crippen molar-refractivity contribution in [2.75, 3.05) is 19.6 Å². The molecule has 1 aliphatic rings. The standard InChI is InChI=1S/C13H23N3O.ClH/c1-3-8-16(12-4-6-14-7-5-12)10-13-9-11(2)15-17-13;/h9,12,14H,3-8,10H2,1-2H3;1H. The zero-order chi connectivity index (χ0) is 12.1. The van der Waals surface area contributed by atoms with Crippen molar-refractivity contribution in [1.82, 2.24) is 15.4 Å². The van der Waals surface area contributed by atoms with Crippen molar-refractivity contribution >= 4 is 12.4 Å². The average molecular weight is 274 g/mol. The maximum atomic E-state index is 5.32. The van der Waals surface area contributed by atoms with Gasteiger partial charge in [0.2, 0.25) is 0 Å². The lowest BCUT2D eigenvalue weighted by atomic mass is 10.0. The summed E-state index contributed by atoms with van der Waals surface area (Å²) in [5.41, 5.74) is 0.974. The quantitative estimate of drug-likeness (QED) is 0.894. The molecule has 4 nitrogen and oxygen atoms in total. The predicted molar refractivity (Wildman–Crippen MR) is 75.1 cm³/mol. The van der Waals surface area contributed by atoms with Crippen molar-refractivity contribution in [2.45, 2.75) is 45.7 Å². The minimum absolute atomic E-state index is 0. The molecular formula is C13H24ClN3O. The third-order valence-corrected chi connectivity index (χ3v) is 3.37. The van der Waals surface area contributed by atoms with E-state index in [-0.39, 0.29) is 12.4 Å². The Bertz CT molecular complexity index is 337. The van der Waals surface area contributed by atoms with Gasteiger partial charge in [0, 0.05) is 12.1 Å². The molecular weight excluding hydrogens is 250 g/mol. The zero-order valence-corrected chi connectivity index (χ0v) is 12.1. The van der Waals surface area contributed by atoms with Gasteiger partial charge in [-0.2, -0.15) is 0 Å². The summed E-state index contributed by atoms with van der Waals surface area (Å²) in [6, 6.07) is 2.74. The Morgan fingerprint density at radius 3 is 2.72 bits per heavy atom. The molecule has 0 aliphatic carbocycles. The second-order valence-corrected chi connectivity index (χ2v) is 4.89. The zero-order valence-electron chi connectivity index (χ0n) is 11.3. The van der Waals surface area contributed by atoms with Crippen molar-refractivity contribution in [2.24, 2.45) is 0 Å². The molecule has 0 radical (unpaired) electrons. The second kappa shape index (κ2) is 7.77. The number of nitrogens with one attached hydrogen (secondary N) is 1. The van der Waals surface area contributed by atoms with Gasteiger partial charge in [-0.05, 0) is 45.8 Å². The lowest BCUT2D eigenvalue weighted by molar-refractivity contribution is 0.139. The largest absolute Gasteiger partial charge is 0.360 e. The number of hydrogen-bond donors (Lipinski definition) is 1. The van der Waals surface area contributed by atoms with Gasteiger partial charge in [-0.25, -0.2) is 0 Å². The molecule has 1 saturated heterocycles. The van der Waals surface area contributed by atoms with Crippen LogP contribution >= 0.6 is 12.4 Å². The van der Waals surface area contributed by atoms with Crippen LogP contribution < -0.4 is 5.32 Å². The molecule has 0 bridgehead atoms. The average Bonchev–Trinajstić information content (AvgIpc) is 2.75. The summed E-state index contributed by atoms with van der Waals surface area (Å²) >= 11 is 0. The van der Waals surface area contributed by atoms with Crippen LogP contribution in [-0.4, -0.2) is 35.7 Å². The van der Waals surface area contributed by atoms with E-state index in [0.29, 0.717) is 6.04 Å². The molecule has 5 heteroatoms. The Morgan fingerprint density at radius 2 is 2.17 bits per heavy atom. The Kier molecular flexibility index (Phi) is 6.68. The van der Waals surface area contributed by atoms with Gasteiger partial charge in [0.1, 0.15) is 0 Å². The Morgan fingerprint density at radius 1 is 1.44 bits per heavy atom. The van der Waals surface area contributed by atoms with E-state index in [0.717, 1.165) is 37.6 Å². The lowest BCUT2D eigenvalue weighted by Gasteiger charge is -2.33. The van der Waals surface area contributed by atoms with Crippen molar-refractivity contribution in [3.63, 3.8) is 0 Å². The monoisotopic (exact) mass is 273 g/mol. The molecule has 0 unspecified atom stereocenters. The third-order valence-electron chi connectivity index (χ3n) is 3.37. The van der Waals surface area contributed by atoms with Gasteiger partial charge in [0.05, 0.1) is 12.2 Å². The molecule has 1 aliphatic heterocycles. The van der Waals surface area contributed by atoms with Gasteiger partial charge in [-0.15, -0.1) is 12.4 Å². The van der Waals surface area contributed by atoms with E-state index in [1.807, 2.05) is 13.0 Å². The fourth-order valence-corrected chi connectivity index (χ4v) is 2.54. The van der Waals surface area contributed by atoms with Gasteiger partial charge in [-0.1, -0.05) is 12.1 Å². The van der Waals surface area contributed by atoms with Crippen LogP contribution in [0, 0.1) is 6.92 Å². The first-order chi connectivity index (χ1) is 8.29. The number of hydrogen-bond acceptors (Lipinski definition) is 4. The minimum Gasteiger partial charge on any atom is -0.360 e. The number of piperidine rings is 1. The molecule has 104 valence electrons. The number of aryl methyl sites for hydroxylation is 1. The first-order valence-corrected chi connectivity index (χ1v) is 6.66. The van der Waals surface area contributed by atoms with E-state index in [2.05, 4.69) is 22.3 Å². The van der Waals surface area contributed by atoms with Gasteiger partial charge < -0.3 is 9.84 Å². The van der Waals surface area contributed by atoms with E-state index >= 15 is 0 Å². The highest BCUT2D eigenvalue weighted by Gasteiger charge is 2.21. The molecule has 0 aromatic carbocycles. The normalized spacial score (nSPS) is 16.8. The molecule has 1 aromatic rings. The van der Waals surface area contributed by atoms with Crippen LogP contribution in [0.5, 0.6) is 0 Å². The van der Waals surface area contributed by atoms with E-state index in [9.17, 15) is 0 Å². The van der Waals surface area contributed by atoms with Gasteiger partial charge in [0.25, 0.3) is 0 Å². The Balaban J connectivity index is 0.00000162. The van der Waals surface area contributed by atoms with Crippen LogP contribution in [0.4, 0.5) is 0 Å². The number of nitrogens with zero attached hydrogens (tertiary/aromatic N) is 2. The first kappa shape index (κ1) is 15.5. The fourth-order valence-electron chi connectivity index (χ4n) is 2.54. The molecule has 2 rings (SSSR count). The van der Waals surface area contributed by atoms with E-state index in [1.54, 1.807) is 0 Å². The highest BCUT2D eigenvalue weighted by molar-refractivity contribution is 5.85. The molecule has 1 fully saturated rings. The maximum Gasteiger partial charge on any atom is 0.150 e. The smallest absolute Gasteiger partial charge is 0.150 e. The summed E-state index contributed by atoms with van der Waals surface area (Å²) in [5.74, 6) is 0.995. The molecule has 2 heterocycles. The Labute approximate surface area is 116 Å². The summed E-state index contributed by atoms with van der Waals surface area (Å²) in [4.78, 5) is 2.54. The van der Waals surface area contributed by atoms with Crippen LogP contribution in [0.25, 0.3) is 0 Å². The van der Waals surface area contributed by atoms with Crippen molar-refractivity contribution < 1.29 is 4.52 Å². The van der Waals surface area contributed by atoms with Crippen molar-refractivity contribution in [3.8, 4) is 0 Å². The molecule has 0 atom stereocenters. The summed E-state index contributed by atoms with van der Waals surface area (Å²) in [6.07, 6.45) is 3.68. The topological polar surface area (TPSA) is 41.3 Å². The highest BCUT2D eigenvalue weighted by atomic mass is 35.5. The fraction of sp³-hybridized carbons (Fsp3) is 0.769. The summed E-state index contributed by atoms with van der Waals surface area (Å²) in [7, 11) is 0. The number of rotatable bonds is 5. The van der Waals surface area contributed by atoms with Gasteiger partial charge >= 0.3 is 0 Å². The summed E-state index contributed by atoms with van der Waals surface area (Å²) in [6.45, 7) is 8.53. The van der Waals surface area contributed by atoms with Gasteiger partial charge in [-0.3, -0.25) is 4.90 Å². The van der Waals surface area contributed by atoms with Gasteiger partial charge in [0.15, 0.2) is 5.76 Å². The molecule has 1 aromatic heterocycles. The molecule has 1 N–H and O–H groups in total. The first-order valence-electron chi connectivity index (χ1n) is 6.66. The molecule has 0 saturated carbocycles. The van der Waals surface area contributed by atoms with Crippen LogP contribution in [-0.2, 0) is 6.54 Å². The van der Waals surface area contributed by atoms with E-state index in [1.165, 1.54) is 19.3 Å². The van der Waals surface area contributed by atoms with E-state index < -0.39 is 0 Å². The summed E-state index contributed by atoms with van der Waals surface area (Å²) < 4.78 is 5.32. The second-order valence-electron chi connectivity index (χ2n) is 4.89. The van der Waals surface area contributed by atoms with Crippen molar-refractivity contribution in [1.29, 1.82) is 0 Å². The Hall–Kier alpha value is -0.580. The van der Waals surface area contributed by atoms with Crippen molar-refractivity contribution in [3.05, 3.63) is 17.5 Å². The number of halogens is 1. The van der Waals surface area contributed by atoms with Crippen LogP contribution in [0.3, 0.4) is 0 Å². The van der Waals surface area contributed by atoms with Crippen LogP contribution in [0.2, 0.25) is 0 Å². The minimum atomic E-state index is 0. The third kappa shape index (κ3) is 4.26. The predicted octanol–water partition coefficient (Wildman–Crippen LogP) is 2.37. The highest BCUT2D eigenvalue weighted by Crippen LogP contribution is 2.16. The van der Waals surface area contributed by atoms with E-state index in [4.69, 9.17) is 4.52 Å². The summed E-state index contributed by atoms with van der Waals surface area (Å²) in [5, 5.41) is 7.38. The van der Waals surface area contributed by atoms with Crippen LogP contribution in [0.1, 0.15) is 37.6 Å². The van der Waals surface area contributed by atoms with Crippen LogP contribution in [0.15, 0.2) is 10.6 Å². The lowest BCUT2D eigenvalue weighted by Crippen LogP contribution is -2.43. The maximum absolute atomic E-state index is 5.32. The molecule has 0 amide bonds. The SMILES string of the molecule is CCCN(Cc1cc(C)no1)C1CCNCC1.Cl. The molecule has 0 spiro atoms. The number of aromatic nitrogens is 1. The molecule has 18 heavy (non-hydrogen) atoms.